The van der Waals surface area contributed by atoms with Gasteiger partial charge in [-0.05, 0) is 13.0 Å². The second-order valence-corrected chi connectivity index (χ2v) is 6.78. The molecule has 2 rings (SSSR count). The van der Waals surface area contributed by atoms with E-state index in [0.717, 1.165) is 15.4 Å². The zero-order valence-electron chi connectivity index (χ0n) is 12.2. The van der Waals surface area contributed by atoms with Gasteiger partial charge in [-0.15, -0.1) is 0 Å². The number of hydrogen-bond acceptors (Lipinski definition) is 5. The highest BCUT2D eigenvalue weighted by Gasteiger charge is 2.13. The molecule has 0 bridgehead atoms. The lowest BCUT2D eigenvalue weighted by Crippen LogP contribution is -2.36. The SMILES string of the molecule is Cc1cccc(-c2noc(CCNS(=O)(=O)N(C)C)n2)c1. The zero-order valence-corrected chi connectivity index (χ0v) is 13.0. The molecule has 21 heavy (non-hydrogen) atoms. The number of aromatic nitrogens is 2. The fourth-order valence-electron chi connectivity index (χ4n) is 1.67. The summed E-state index contributed by atoms with van der Waals surface area (Å²) in [6.07, 6.45) is 0.339. The molecular weight excluding hydrogens is 292 g/mol. The van der Waals surface area contributed by atoms with Crippen LogP contribution < -0.4 is 4.72 Å². The van der Waals surface area contributed by atoms with Crippen molar-refractivity contribution in [3.63, 3.8) is 0 Å². The second-order valence-electron chi connectivity index (χ2n) is 4.81. The van der Waals surface area contributed by atoms with Crippen molar-refractivity contribution >= 4 is 10.2 Å². The van der Waals surface area contributed by atoms with Gasteiger partial charge in [-0.3, -0.25) is 0 Å². The van der Waals surface area contributed by atoms with Crippen molar-refractivity contribution in [2.75, 3.05) is 20.6 Å². The Bertz CT molecular complexity index is 710. The normalized spacial score (nSPS) is 12.0. The van der Waals surface area contributed by atoms with Gasteiger partial charge in [0.25, 0.3) is 10.2 Å². The van der Waals surface area contributed by atoms with E-state index in [-0.39, 0.29) is 6.54 Å². The van der Waals surface area contributed by atoms with Gasteiger partial charge in [-0.25, -0.2) is 4.72 Å². The lowest BCUT2D eigenvalue weighted by atomic mass is 10.1. The zero-order chi connectivity index (χ0) is 15.5. The molecular formula is C13H18N4O3S. The van der Waals surface area contributed by atoms with Crippen molar-refractivity contribution in [2.45, 2.75) is 13.3 Å². The van der Waals surface area contributed by atoms with Gasteiger partial charge in [0.05, 0.1) is 0 Å². The maximum absolute atomic E-state index is 11.5. The molecule has 1 aromatic heterocycles. The van der Waals surface area contributed by atoms with Crippen molar-refractivity contribution in [2.24, 2.45) is 0 Å². The lowest BCUT2D eigenvalue weighted by Gasteiger charge is -2.11. The minimum Gasteiger partial charge on any atom is -0.339 e. The molecule has 0 radical (unpaired) electrons. The standard InChI is InChI=1S/C13H18N4O3S/c1-10-5-4-6-11(9-10)13-15-12(20-16-13)7-8-14-21(18,19)17(2)3/h4-6,9,14H,7-8H2,1-3H3. The Morgan fingerprint density at radius 2 is 2.10 bits per heavy atom. The van der Waals surface area contributed by atoms with Crippen LogP contribution in [0, 0.1) is 6.92 Å². The van der Waals surface area contributed by atoms with Crippen LogP contribution in [0.2, 0.25) is 0 Å². The molecule has 0 unspecified atom stereocenters. The summed E-state index contributed by atoms with van der Waals surface area (Å²) in [6, 6.07) is 7.77. The predicted octanol–water partition coefficient (Wildman–Crippen LogP) is 0.984. The number of hydrogen-bond donors (Lipinski definition) is 1. The van der Waals surface area contributed by atoms with Crippen LogP contribution in [-0.4, -0.2) is 43.5 Å². The van der Waals surface area contributed by atoms with Crippen LogP contribution in [0.25, 0.3) is 11.4 Å². The highest BCUT2D eigenvalue weighted by Crippen LogP contribution is 2.16. The van der Waals surface area contributed by atoms with Crippen LogP contribution in [0.5, 0.6) is 0 Å². The molecule has 0 aliphatic carbocycles. The second kappa shape index (κ2) is 6.33. The van der Waals surface area contributed by atoms with Crippen LogP contribution in [0.3, 0.4) is 0 Å². The molecule has 114 valence electrons. The van der Waals surface area contributed by atoms with E-state index in [2.05, 4.69) is 14.9 Å². The largest absolute Gasteiger partial charge is 0.339 e. The van der Waals surface area contributed by atoms with Gasteiger partial charge in [-0.1, -0.05) is 28.9 Å². The Morgan fingerprint density at radius 1 is 1.33 bits per heavy atom. The highest BCUT2D eigenvalue weighted by atomic mass is 32.2. The number of nitrogens with zero attached hydrogens (tertiary/aromatic N) is 3. The van der Waals surface area contributed by atoms with Crippen molar-refractivity contribution in [1.29, 1.82) is 0 Å². The Labute approximate surface area is 124 Å². The molecule has 7 nitrogen and oxygen atoms in total. The van der Waals surface area contributed by atoms with Gasteiger partial charge in [0.15, 0.2) is 0 Å². The summed E-state index contributed by atoms with van der Waals surface area (Å²) < 4.78 is 31.7. The summed E-state index contributed by atoms with van der Waals surface area (Å²) >= 11 is 0. The third kappa shape index (κ3) is 4.10. The topological polar surface area (TPSA) is 88.3 Å². The third-order valence-electron chi connectivity index (χ3n) is 2.85. The molecule has 2 aromatic rings. The molecule has 0 saturated carbocycles. The minimum absolute atomic E-state index is 0.204. The fraction of sp³-hybridized carbons (Fsp3) is 0.385. The molecule has 0 atom stereocenters. The average Bonchev–Trinajstić information content (AvgIpc) is 2.87. The van der Waals surface area contributed by atoms with E-state index in [1.54, 1.807) is 0 Å². The average molecular weight is 310 g/mol. The Morgan fingerprint density at radius 3 is 2.76 bits per heavy atom. The van der Waals surface area contributed by atoms with E-state index in [1.807, 2.05) is 31.2 Å². The van der Waals surface area contributed by atoms with Crippen molar-refractivity contribution in [3.05, 3.63) is 35.7 Å². The smallest absolute Gasteiger partial charge is 0.278 e. The monoisotopic (exact) mass is 310 g/mol. The lowest BCUT2D eigenvalue weighted by molar-refractivity contribution is 0.378. The van der Waals surface area contributed by atoms with E-state index in [1.165, 1.54) is 14.1 Å². The number of nitrogens with one attached hydrogen (secondary N) is 1. The molecule has 1 N–H and O–H groups in total. The van der Waals surface area contributed by atoms with Crippen LogP contribution in [0.1, 0.15) is 11.5 Å². The van der Waals surface area contributed by atoms with Crippen molar-refractivity contribution in [3.8, 4) is 11.4 Å². The van der Waals surface area contributed by atoms with Crippen LogP contribution >= 0.6 is 0 Å². The molecule has 0 aliphatic heterocycles. The molecule has 0 amide bonds. The molecule has 1 aromatic carbocycles. The van der Waals surface area contributed by atoms with Gasteiger partial charge >= 0.3 is 0 Å². The van der Waals surface area contributed by atoms with Crippen molar-refractivity contribution in [1.82, 2.24) is 19.2 Å². The summed E-state index contributed by atoms with van der Waals surface area (Å²) in [4.78, 5) is 4.26. The summed E-state index contributed by atoms with van der Waals surface area (Å²) in [7, 11) is -0.500. The van der Waals surface area contributed by atoms with Gasteiger partial charge in [0.1, 0.15) is 0 Å². The van der Waals surface area contributed by atoms with Gasteiger partial charge in [-0.2, -0.15) is 17.7 Å². The number of benzene rings is 1. The molecule has 0 saturated heterocycles. The quantitative estimate of drug-likeness (QED) is 0.859. The number of rotatable bonds is 6. The Kier molecular flexibility index (Phi) is 4.71. The first-order valence-electron chi connectivity index (χ1n) is 6.45. The van der Waals surface area contributed by atoms with E-state index >= 15 is 0 Å². The van der Waals surface area contributed by atoms with Crippen LogP contribution in [-0.2, 0) is 16.6 Å². The van der Waals surface area contributed by atoms with Gasteiger partial charge < -0.3 is 4.52 Å². The first kappa shape index (κ1) is 15.6. The van der Waals surface area contributed by atoms with Gasteiger partial charge in [0, 0.05) is 32.6 Å². The fourth-order valence-corrected chi connectivity index (χ4v) is 2.29. The predicted molar refractivity (Wildman–Crippen MR) is 78.8 cm³/mol. The van der Waals surface area contributed by atoms with E-state index in [0.29, 0.717) is 18.1 Å². The molecule has 8 heteroatoms. The van der Waals surface area contributed by atoms with Crippen LogP contribution in [0.15, 0.2) is 28.8 Å². The molecule has 0 spiro atoms. The summed E-state index contributed by atoms with van der Waals surface area (Å²) in [5.74, 6) is 0.900. The Hall–Kier alpha value is -1.77. The van der Waals surface area contributed by atoms with Crippen LogP contribution in [0.4, 0.5) is 0 Å². The van der Waals surface area contributed by atoms with E-state index in [4.69, 9.17) is 4.52 Å². The third-order valence-corrected chi connectivity index (χ3v) is 4.38. The van der Waals surface area contributed by atoms with E-state index < -0.39 is 10.2 Å². The maximum Gasteiger partial charge on any atom is 0.278 e. The molecule has 0 fully saturated rings. The number of aryl methyl sites for hydroxylation is 1. The van der Waals surface area contributed by atoms with E-state index in [9.17, 15) is 8.42 Å². The summed E-state index contributed by atoms with van der Waals surface area (Å²) in [5.41, 5.74) is 1.98. The minimum atomic E-state index is -3.43. The van der Waals surface area contributed by atoms with Crippen molar-refractivity contribution < 1.29 is 12.9 Å². The maximum atomic E-state index is 11.5. The summed E-state index contributed by atoms with van der Waals surface area (Å²) in [6.45, 7) is 2.19. The Balaban J connectivity index is 1.98. The first-order chi connectivity index (χ1) is 9.88. The molecule has 0 aliphatic rings. The first-order valence-corrected chi connectivity index (χ1v) is 7.89. The molecule has 1 heterocycles. The summed E-state index contributed by atoms with van der Waals surface area (Å²) in [5, 5.41) is 3.90. The van der Waals surface area contributed by atoms with Gasteiger partial charge in [0.2, 0.25) is 11.7 Å². The highest BCUT2D eigenvalue weighted by molar-refractivity contribution is 7.87.